The lowest BCUT2D eigenvalue weighted by atomic mass is 9.79. The van der Waals surface area contributed by atoms with E-state index >= 15 is 0 Å². The number of benzene rings is 2. The second-order valence-corrected chi connectivity index (χ2v) is 10.6. The van der Waals surface area contributed by atoms with Crippen LogP contribution in [0.3, 0.4) is 0 Å². The molecule has 0 aromatic heterocycles. The number of halogens is 3. The highest BCUT2D eigenvalue weighted by atomic mass is 35.5. The minimum atomic E-state index is -0.298. The Labute approximate surface area is 196 Å². The third-order valence-corrected chi connectivity index (χ3v) is 8.48. The number of carbonyl (C=O) groups excluding carboxylic acids is 1. The minimum Gasteiger partial charge on any atom is -0.348 e. The van der Waals surface area contributed by atoms with Crippen molar-refractivity contribution in [3.63, 3.8) is 0 Å². The maximum atomic E-state index is 13.5. The van der Waals surface area contributed by atoms with Gasteiger partial charge in [-0.15, -0.1) is 0 Å². The molecule has 6 unspecified atom stereocenters. The number of carbonyl (C=O) groups is 1. The van der Waals surface area contributed by atoms with Gasteiger partial charge in [0.1, 0.15) is 11.5 Å². The third kappa shape index (κ3) is 3.41. The molecule has 0 radical (unpaired) electrons. The molecule has 1 aliphatic heterocycles. The van der Waals surface area contributed by atoms with Crippen molar-refractivity contribution in [3.8, 4) is 0 Å². The van der Waals surface area contributed by atoms with Crippen LogP contribution in [0.2, 0.25) is 10.0 Å². The Morgan fingerprint density at radius 3 is 2.56 bits per heavy atom. The van der Waals surface area contributed by atoms with Crippen molar-refractivity contribution in [3.05, 3.63) is 63.9 Å². The molecule has 0 saturated heterocycles. The Morgan fingerprint density at radius 2 is 1.81 bits per heavy atom. The lowest BCUT2D eigenvalue weighted by molar-refractivity contribution is -0.116. The Balaban J connectivity index is 1.29. The monoisotopic (exact) mass is 471 g/mol. The SMILES string of the molecule is O=C(NC1C2CC3CC(C2)C1C3)C1=NN(c2ccc(Cl)cc2Cl)C(c2ccc(F)cc2)C1. The van der Waals surface area contributed by atoms with Crippen LogP contribution in [0.15, 0.2) is 47.6 Å². The van der Waals surface area contributed by atoms with Crippen molar-refractivity contribution in [2.45, 2.75) is 44.2 Å². The van der Waals surface area contributed by atoms with Crippen LogP contribution in [0.1, 0.15) is 43.7 Å². The predicted molar refractivity (Wildman–Crippen MR) is 124 cm³/mol. The van der Waals surface area contributed by atoms with Gasteiger partial charge in [0.05, 0.1) is 16.8 Å². The van der Waals surface area contributed by atoms with E-state index in [1.807, 2.05) is 0 Å². The second-order valence-electron chi connectivity index (χ2n) is 9.75. The fraction of sp³-hybridized carbons (Fsp3) is 0.440. The van der Waals surface area contributed by atoms with Gasteiger partial charge in [0.2, 0.25) is 0 Å². The second kappa shape index (κ2) is 7.74. The van der Waals surface area contributed by atoms with E-state index in [0.29, 0.717) is 39.7 Å². The summed E-state index contributed by atoms with van der Waals surface area (Å²) in [6, 6.07) is 11.6. The molecule has 5 aliphatic rings. The van der Waals surface area contributed by atoms with Gasteiger partial charge >= 0.3 is 0 Å². The molecule has 4 aliphatic carbocycles. The number of nitrogens with one attached hydrogen (secondary N) is 1. The molecule has 6 atom stereocenters. The number of amides is 1. The Hall–Kier alpha value is -2.11. The van der Waals surface area contributed by atoms with Crippen molar-refractivity contribution in [1.29, 1.82) is 0 Å². The molecule has 1 heterocycles. The van der Waals surface area contributed by atoms with E-state index in [2.05, 4.69) is 5.32 Å². The highest BCUT2D eigenvalue weighted by molar-refractivity contribution is 6.40. The summed E-state index contributed by atoms with van der Waals surface area (Å²) in [6.45, 7) is 0. The van der Waals surface area contributed by atoms with Crippen molar-refractivity contribution < 1.29 is 9.18 Å². The minimum absolute atomic E-state index is 0.0919. The van der Waals surface area contributed by atoms with Crippen LogP contribution in [0.25, 0.3) is 0 Å². The maximum Gasteiger partial charge on any atom is 0.267 e. The normalized spacial score (nSPS) is 32.5. The fourth-order valence-corrected chi connectivity index (χ4v) is 7.17. The molecule has 2 aromatic rings. The van der Waals surface area contributed by atoms with Crippen molar-refractivity contribution in [2.75, 3.05) is 5.01 Å². The van der Waals surface area contributed by atoms with Gasteiger partial charge in [-0.05, 0) is 85.3 Å². The smallest absolute Gasteiger partial charge is 0.267 e. The first-order valence-electron chi connectivity index (χ1n) is 11.3. The largest absolute Gasteiger partial charge is 0.348 e. The summed E-state index contributed by atoms with van der Waals surface area (Å²) in [5.74, 6) is 2.49. The molecule has 7 heteroatoms. The number of nitrogens with zero attached hydrogens (tertiary/aromatic N) is 2. The van der Waals surface area contributed by atoms with Crippen LogP contribution >= 0.6 is 23.2 Å². The molecule has 32 heavy (non-hydrogen) atoms. The van der Waals surface area contributed by atoms with Gasteiger partial charge in [-0.25, -0.2) is 4.39 Å². The maximum absolute atomic E-state index is 13.5. The van der Waals surface area contributed by atoms with Gasteiger partial charge in [-0.2, -0.15) is 5.10 Å². The number of hydrogen-bond acceptors (Lipinski definition) is 3. The molecule has 4 nitrogen and oxygen atoms in total. The zero-order valence-electron chi connectivity index (χ0n) is 17.5. The quantitative estimate of drug-likeness (QED) is 0.594. The van der Waals surface area contributed by atoms with E-state index in [4.69, 9.17) is 28.3 Å². The van der Waals surface area contributed by atoms with Crippen molar-refractivity contribution >= 4 is 40.5 Å². The molecule has 0 spiro atoms. The molecule has 7 rings (SSSR count). The van der Waals surface area contributed by atoms with Gasteiger partial charge < -0.3 is 5.32 Å². The summed E-state index contributed by atoms with van der Waals surface area (Å²) < 4.78 is 13.5. The molecule has 2 aromatic carbocycles. The summed E-state index contributed by atoms with van der Waals surface area (Å²) in [6.07, 6.45) is 5.52. The zero-order chi connectivity index (χ0) is 22.0. The van der Waals surface area contributed by atoms with Crippen LogP contribution in [-0.2, 0) is 4.79 Å². The zero-order valence-corrected chi connectivity index (χ0v) is 19.0. The van der Waals surface area contributed by atoms with E-state index < -0.39 is 0 Å². The van der Waals surface area contributed by atoms with Gasteiger partial charge in [-0.1, -0.05) is 35.3 Å². The highest BCUT2D eigenvalue weighted by Crippen LogP contribution is 2.58. The first-order chi connectivity index (χ1) is 15.5. The number of hydrazone groups is 1. The van der Waals surface area contributed by atoms with Crippen molar-refractivity contribution in [1.82, 2.24) is 5.32 Å². The Bertz CT molecular complexity index is 1100. The molecule has 4 bridgehead atoms. The van der Waals surface area contributed by atoms with Gasteiger partial charge in [-0.3, -0.25) is 9.80 Å². The number of hydrogen-bond donors (Lipinski definition) is 1. The first kappa shape index (κ1) is 20.5. The van der Waals surface area contributed by atoms with Crippen LogP contribution in [0, 0.1) is 29.5 Å². The Morgan fingerprint density at radius 1 is 1.03 bits per heavy atom. The van der Waals surface area contributed by atoms with Crippen LogP contribution in [-0.4, -0.2) is 17.7 Å². The molecular formula is C25H24Cl2FN3O. The van der Waals surface area contributed by atoms with E-state index in [-0.39, 0.29) is 23.8 Å². The molecular weight excluding hydrogens is 448 g/mol. The Kier molecular flexibility index (Phi) is 4.96. The van der Waals surface area contributed by atoms with E-state index in [1.165, 1.54) is 37.8 Å². The predicted octanol–water partition coefficient (Wildman–Crippen LogP) is 5.99. The lowest BCUT2D eigenvalue weighted by Crippen LogP contribution is -2.46. The van der Waals surface area contributed by atoms with E-state index in [9.17, 15) is 9.18 Å². The van der Waals surface area contributed by atoms with Crippen LogP contribution in [0.4, 0.5) is 10.1 Å². The molecule has 1 amide bonds. The highest BCUT2D eigenvalue weighted by Gasteiger charge is 2.54. The van der Waals surface area contributed by atoms with Gasteiger partial charge in [0.15, 0.2) is 0 Å². The fourth-order valence-electron chi connectivity index (χ4n) is 6.68. The summed E-state index contributed by atoms with van der Waals surface area (Å²) in [5.41, 5.74) is 2.04. The molecule has 166 valence electrons. The summed E-state index contributed by atoms with van der Waals surface area (Å²) in [4.78, 5) is 13.3. The van der Waals surface area contributed by atoms with E-state index in [1.54, 1.807) is 35.3 Å². The first-order valence-corrected chi connectivity index (χ1v) is 12.1. The van der Waals surface area contributed by atoms with Crippen molar-refractivity contribution in [2.24, 2.45) is 28.8 Å². The average Bonchev–Trinajstić information content (AvgIpc) is 3.39. The van der Waals surface area contributed by atoms with Gasteiger partial charge in [0, 0.05) is 17.5 Å². The summed E-state index contributed by atoms with van der Waals surface area (Å²) >= 11 is 12.6. The number of rotatable bonds is 4. The lowest BCUT2D eigenvalue weighted by Gasteiger charge is -2.32. The van der Waals surface area contributed by atoms with Gasteiger partial charge in [0.25, 0.3) is 5.91 Å². The standard InChI is InChI=1S/C25H24Cl2FN3O/c26-17-3-6-22(20(27)11-17)31-23(14-1-4-18(28)5-2-14)12-21(30-31)25(32)29-24-16-8-13-7-15(10-16)19(24)9-13/h1-6,11,13,15-16,19,23-24H,7-10,12H2,(H,29,32). The van der Waals surface area contributed by atoms with Crippen LogP contribution < -0.4 is 10.3 Å². The third-order valence-electron chi connectivity index (χ3n) is 7.94. The summed E-state index contributed by atoms with van der Waals surface area (Å²) in [7, 11) is 0. The van der Waals surface area contributed by atoms with E-state index in [0.717, 1.165) is 17.4 Å². The van der Waals surface area contributed by atoms with Crippen LogP contribution in [0.5, 0.6) is 0 Å². The average molecular weight is 472 g/mol. The summed E-state index contributed by atoms with van der Waals surface area (Å²) in [5, 5.41) is 10.8. The topological polar surface area (TPSA) is 44.7 Å². The molecule has 4 saturated carbocycles. The molecule has 1 N–H and O–H groups in total. The molecule has 4 fully saturated rings. The number of anilines is 1.